The highest BCUT2D eigenvalue weighted by Crippen LogP contribution is 2.19. The van der Waals surface area contributed by atoms with E-state index in [0.29, 0.717) is 24.7 Å². The Morgan fingerprint density at radius 3 is 2.67 bits per heavy atom. The Balaban J connectivity index is 1.57. The van der Waals surface area contributed by atoms with Crippen LogP contribution in [0.5, 0.6) is 5.75 Å². The maximum absolute atomic E-state index is 12.4. The molecule has 1 amide bonds. The van der Waals surface area contributed by atoms with Crippen LogP contribution in [0, 0.1) is 0 Å². The molecule has 0 unspecified atom stereocenters. The second-order valence-electron chi connectivity index (χ2n) is 5.80. The summed E-state index contributed by atoms with van der Waals surface area (Å²) in [5.74, 6) is 1.23. The van der Waals surface area contributed by atoms with Crippen molar-refractivity contribution < 1.29 is 18.7 Å². The van der Waals surface area contributed by atoms with E-state index in [9.17, 15) is 4.79 Å². The molecule has 0 saturated heterocycles. The predicted molar refractivity (Wildman–Crippen MR) is 107 cm³/mol. The highest BCUT2D eigenvalue weighted by molar-refractivity contribution is 9.10. The first-order chi connectivity index (χ1) is 13.1. The fourth-order valence-electron chi connectivity index (χ4n) is 2.41. The van der Waals surface area contributed by atoms with Crippen LogP contribution in [-0.4, -0.2) is 12.5 Å². The highest BCUT2D eigenvalue weighted by atomic mass is 79.9. The van der Waals surface area contributed by atoms with Gasteiger partial charge in [0.05, 0.1) is 6.61 Å². The molecule has 5 nitrogen and oxygen atoms in total. The Morgan fingerprint density at radius 1 is 1.07 bits per heavy atom. The molecular weight excluding hydrogens is 410 g/mol. The van der Waals surface area contributed by atoms with Gasteiger partial charge in [0.25, 0.3) is 5.91 Å². The normalized spacial score (nSPS) is 10.6. The molecule has 0 aliphatic rings. The van der Waals surface area contributed by atoms with Gasteiger partial charge < -0.3 is 19.2 Å². The van der Waals surface area contributed by atoms with Crippen LogP contribution in [0.15, 0.2) is 69.6 Å². The fraction of sp³-hybridized carbons (Fsp3) is 0.190. The Morgan fingerprint density at radius 2 is 1.89 bits per heavy atom. The monoisotopic (exact) mass is 429 g/mol. The summed E-state index contributed by atoms with van der Waals surface area (Å²) in [6, 6.07) is 18.4. The van der Waals surface area contributed by atoms with Crippen LogP contribution in [0.4, 0.5) is 5.69 Å². The van der Waals surface area contributed by atoms with E-state index in [-0.39, 0.29) is 18.3 Å². The zero-order chi connectivity index (χ0) is 19.1. The summed E-state index contributed by atoms with van der Waals surface area (Å²) in [5.41, 5.74) is 1.69. The van der Waals surface area contributed by atoms with Crippen LogP contribution >= 0.6 is 15.9 Å². The molecular formula is C21H20BrNO4. The van der Waals surface area contributed by atoms with E-state index >= 15 is 0 Å². The summed E-state index contributed by atoms with van der Waals surface area (Å²) in [7, 11) is 0. The minimum absolute atomic E-state index is 0.236. The predicted octanol–water partition coefficient (Wildman–Crippen LogP) is 5.41. The van der Waals surface area contributed by atoms with Crippen molar-refractivity contribution in [2.45, 2.75) is 20.1 Å². The molecule has 3 rings (SSSR count). The van der Waals surface area contributed by atoms with Gasteiger partial charge in [-0.05, 0) is 61.0 Å². The van der Waals surface area contributed by atoms with Crippen molar-refractivity contribution in [1.82, 2.24) is 0 Å². The molecule has 1 N–H and O–H groups in total. The molecule has 2 aromatic carbocycles. The molecule has 0 bridgehead atoms. The van der Waals surface area contributed by atoms with Crippen LogP contribution in [0.1, 0.15) is 28.8 Å². The van der Waals surface area contributed by atoms with Crippen molar-refractivity contribution in [3.05, 3.63) is 82.2 Å². The van der Waals surface area contributed by atoms with Gasteiger partial charge in [-0.2, -0.15) is 0 Å². The number of ether oxygens (including phenoxy) is 2. The van der Waals surface area contributed by atoms with Crippen LogP contribution in [0.3, 0.4) is 0 Å². The van der Waals surface area contributed by atoms with Gasteiger partial charge >= 0.3 is 0 Å². The van der Waals surface area contributed by atoms with Crippen molar-refractivity contribution in [2.24, 2.45) is 0 Å². The van der Waals surface area contributed by atoms with Crippen molar-refractivity contribution in [3.63, 3.8) is 0 Å². The van der Waals surface area contributed by atoms with E-state index in [1.165, 1.54) is 0 Å². The highest BCUT2D eigenvalue weighted by Gasteiger charge is 2.12. The van der Waals surface area contributed by atoms with Gasteiger partial charge in [-0.1, -0.05) is 28.1 Å². The molecule has 0 aliphatic heterocycles. The van der Waals surface area contributed by atoms with E-state index in [1.54, 1.807) is 12.1 Å². The van der Waals surface area contributed by atoms with Gasteiger partial charge in [0.15, 0.2) is 5.76 Å². The number of amides is 1. The van der Waals surface area contributed by atoms with Crippen molar-refractivity contribution in [1.29, 1.82) is 0 Å². The lowest BCUT2D eigenvalue weighted by Crippen LogP contribution is -2.11. The zero-order valence-electron chi connectivity index (χ0n) is 14.9. The number of anilines is 1. The molecule has 27 heavy (non-hydrogen) atoms. The summed E-state index contributed by atoms with van der Waals surface area (Å²) >= 11 is 3.38. The Labute approximate surface area is 166 Å². The summed E-state index contributed by atoms with van der Waals surface area (Å²) in [6.07, 6.45) is 0. The standard InChI is InChI=1S/C21H20BrNO4/c1-2-25-13-15-4-3-5-17(12-15)23-21(24)20-11-10-19(27-20)14-26-18-8-6-16(22)7-9-18/h3-12H,2,13-14H2,1H3,(H,23,24). The molecule has 0 aliphatic carbocycles. The molecule has 140 valence electrons. The molecule has 0 saturated carbocycles. The van der Waals surface area contributed by atoms with Crippen molar-refractivity contribution >= 4 is 27.5 Å². The number of rotatable bonds is 8. The quantitative estimate of drug-likeness (QED) is 0.519. The lowest BCUT2D eigenvalue weighted by Gasteiger charge is -2.07. The molecule has 3 aromatic rings. The van der Waals surface area contributed by atoms with E-state index in [1.807, 2.05) is 55.5 Å². The van der Waals surface area contributed by atoms with E-state index in [0.717, 1.165) is 15.8 Å². The number of benzene rings is 2. The third-order valence-corrected chi connectivity index (χ3v) is 4.27. The average Bonchev–Trinajstić information content (AvgIpc) is 3.15. The number of carbonyl (C=O) groups is 1. The molecule has 1 aromatic heterocycles. The number of halogens is 1. The molecule has 0 fully saturated rings. The number of nitrogens with one attached hydrogen (secondary N) is 1. The fourth-order valence-corrected chi connectivity index (χ4v) is 2.68. The van der Waals surface area contributed by atoms with Gasteiger partial charge in [-0.25, -0.2) is 0 Å². The Kier molecular flexibility index (Phi) is 6.68. The van der Waals surface area contributed by atoms with Gasteiger partial charge in [0, 0.05) is 16.8 Å². The lowest BCUT2D eigenvalue weighted by molar-refractivity contribution is 0.0992. The van der Waals surface area contributed by atoms with Crippen molar-refractivity contribution in [3.8, 4) is 5.75 Å². The second kappa shape index (κ2) is 9.39. The van der Waals surface area contributed by atoms with Gasteiger partial charge in [-0.15, -0.1) is 0 Å². The summed E-state index contributed by atoms with van der Waals surface area (Å²) in [5, 5.41) is 2.83. The topological polar surface area (TPSA) is 60.7 Å². The molecule has 0 spiro atoms. The molecule has 0 atom stereocenters. The molecule has 1 heterocycles. The average molecular weight is 430 g/mol. The first-order valence-electron chi connectivity index (χ1n) is 8.59. The second-order valence-corrected chi connectivity index (χ2v) is 6.72. The smallest absolute Gasteiger partial charge is 0.291 e. The van der Waals surface area contributed by atoms with E-state index in [2.05, 4.69) is 21.2 Å². The van der Waals surface area contributed by atoms with Gasteiger partial charge in [-0.3, -0.25) is 4.79 Å². The van der Waals surface area contributed by atoms with E-state index < -0.39 is 0 Å². The van der Waals surface area contributed by atoms with Crippen molar-refractivity contribution in [2.75, 3.05) is 11.9 Å². The number of furan rings is 1. The maximum atomic E-state index is 12.4. The van der Waals surface area contributed by atoms with E-state index in [4.69, 9.17) is 13.9 Å². The lowest BCUT2D eigenvalue weighted by atomic mass is 10.2. The number of hydrogen-bond donors (Lipinski definition) is 1. The Hall–Kier alpha value is -2.57. The largest absolute Gasteiger partial charge is 0.486 e. The SMILES string of the molecule is CCOCc1cccc(NC(=O)c2ccc(COc3ccc(Br)cc3)o2)c1. The first kappa shape index (κ1) is 19.2. The maximum Gasteiger partial charge on any atom is 0.291 e. The molecule has 6 heteroatoms. The number of hydrogen-bond acceptors (Lipinski definition) is 4. The third-order valence-electron chi connectivity index (χ3n) is 3.74. The Bertz CT molecular complexity index is 889. The van der Waals surface area contributed by atoms with Gasteiger partial charge in [0.1, 0.15) is 18.1 Å². The summed E-state index contributed by atoms with van der Waals surface area (Å²) in [6.45, 7) is 3.35. The van der Waals surface area contributed by atoms with Crippen LogP contribution in [-0.2, 0) is 18.0 Å². The first-order valence-corrected chi connectivity index (χ1v) is 9.38. The zero-order valence-corrected chi connectivity index (χ0v) is 16.5. The van der Waals surface area contributed by atoms with Crippen LogP contribution in [0.25, 0.3) is 0 Å². The summed E-state index contributed by atoms with van der Waals surface area (Å²) in [4.78, 5) is 12.4. The van der Waals surface area contributed by atoms with Crippen LogP contribution < -0.4 is 10.1 Å². The van der Waals surface area contributed by atoms with Crippen LogP contribution in [0.2, 0.25) is 0 Å². The third kappa shape index (κ3) is 5.70. The minimum atomic E-state index is -0.307. The van der Waals surface area contributed by atoms with Gasteiger partial charge in [0.2, 0.25) is 0 Å². The molecule has 0 radical (unpaired) electrons. The number of carbonyl (C=O) groups excluding carboxylic acids is 1. The minimum Gasteiger partial charge on any atom is -0.486 e. The summed E-state index contributed by atoms with van der Waals surface area (Å²) < 4.78 is 17.6.